The molecule has 1 aromatic heterocycles. The summed E-state index contributed by atoms with van der Waals surface area (Å²) in [5.41, 5.74) is 8.63. The van der Waals surface area contributed by atoms with Crippen molar-refractivity contribution in [2.75, 3.05) is 21.3 Å². The average molecular weight is 370 g/mol. The Morgan fingerprint density at radius 1 is 1.19 bits per heavy atom. The van der Waals surface area contributed by atoms with Gasteiger partial charge in [-0.1, -0.05) is 13.3 Å². The maximum atomic E-state index is 9.80. The van der Waals surface area contributed by atoms with E-state index in [1.54, 1.807) is 33.5 Å². The van der Waals surface area contributed by atoms with E-state index >= 15 is 0 Å². The van der Waals surface area contributed by atoms with Gasteiger partial charge in [0.25, 0.3) is 0 Å². The van der Waals surface area contributed by atoms with Gasteiger partial charge in [-0.05, 0) is 6.42 Å². The lowest BCUT2D eigenvalue weighted by atomic mass is 9.82. The number of aromatic amines is 1. The van der Waals surface area contributed by atoms with E-state index in [1.165, 1.54) is 0 Å². The average Bonchev–Trinajstić information content (AvgIpc) is 3.08. The van der Waals surface area contributed by atoms with Crippen LogP contribution in [-0.2, 0) is 6.42 Å². The largest absolute Gasteiger partial charge is 0.496 e. The van der Waals surface area contributed by atoms with E-state index in [2.05, 4.69) is 23.2 Å². The first-order valence-corrected chi connectivity index (χ1v) is 8.54. The molecule has 0 aliphatic carbocycles. The van der Waals surface area contributed by atoms with Gasteiger partial charge in [-0.25, -0.2) is 0 Å². The number of nitriles is 1. The second-order valence-electron chi connectivity index (χ2n) is 6.04. The van der Waals surface area contributed by atoms with Crippen molar-refractivity contribution in [3.8, 4) is 29.2 Å². The van der Waals surface area contributed by atoms with E-state index in [4.69, 9.17) is 24.7 Å². The molecule has 0 radical (unpaired) electrons. The lowest BCUT2D eigenvalue weighted by Gasteiger charge is -2.27. The summed E-state index contributed by atoms with van der Waals surface area (Å²) < 4.78 is 22.1. The van der Waals surface area contributed by atoms with Crippen LogP contribution in [0.1, 0.15) is 36.1 Å². The van der Waals surface area contributed by atoms with Crippen LogP contribution in [0, 0.1) is 11.3 Å². The molecule has 8 heteroatoms. The number of fused-ring (bicyclic) bond motifs is 1. The van der Waals surface area contributed by atoms with Crippen LogP contribution in [0.4, 0.5) is 0 Å². The van der Waals surface area contributed by atoms with Crippen LogP contribution in [0.3, 0.4) is 0 Å². The molecule has 1 aliphatic rings. The molecule has 2 aromatic rings. The van der Waals surface area contributed by atoms with Crippen LogP contribution in [-0.4, -0.2) is 31.5 Å². The number of rotatable bonds is 6. The highest BCUT2D eigenvalue weighted by Gasteiger charge is 2.38. The van der Waals surface area contributed by atoms with E-state index in [0.717, 1.165) is 24.1 Å². The Morgan fingerprint density at radius 2 is 1.85 bits per heavy atom. The predicted molar refractivity (Wildman–Crippen MR) is 98.0 cm³/mol. The van der Waals surface area contributed by atoms with Crippen LogP contribution in [0.5, 0.6) is 23.1 Å². The fourth-order valence-corrected chi connectivity index (χ4v) is 3.36. The van der Waals surface area contributed by atoms with Gasteiger partial charge in [0, 0.05) is 23.4 Å². The van der Waals surface area contributed by atoms with Crippen molar-refractivity contribution in [1.82, 2.24) is 10.2 Å². The molecule has 2 heterocycles. The minimum atomic E-state index is -0.533. The number of aryl methyl sites for hydroxylation is 1. The fraction of sp³-hybridized carbons (Fsp3) is 0.368. The fourth-order valence-electron chi connectivity index (χ4n) is 3.36. The van der Waals surface area contributed by atoms with E-state index in [9.17, 15) is 5.26 Å². The Balaban J connectivity index is 2.33. The number of nitrogens with two attached hydrogens (primary N) is 1. The van der Waals surface area contributed by atoms with Gasteiger partial charge in [-0.2, -0.15) is 5.26 Å². The van der Waals surface area contributed by atoms with E-state index in [1.807, 2.05) is 0 Å². The number of ether oxygens (including phenoxy) is 4. The Hall–Kier alpha value is -3.34. The summed E-state index contributed by atoms with van der Waals surface area (Å²) in [6.45, 7) is 2.07. The van der Waals surface area contributed by atoms with Crippen molar-refractivity contribution in [2.45, 2.75) is 25.7 Å². The number of hydrogen-bond acceptors (Lipinski definition) is 7. The number of methoxy groups -OCH3 is 3. The van der Waals surface area contributed by atoms with Gasteiger partial charge in [-0.3, -0.25) is 5.10 Å². The summed E-state index contributed by atoms with van der Waals surface area (Å²) in [6.07, 6.45) is 1.65. The Labute approximate surface area is 157 Å². The summed E-state index contributed by atoms with van der Waals surface area (Å²) in [5, 5.41) is 17.0. The van der Waals surface area contributed by atoms with Gasteiger partial charge >= 0.3 is 0 Å². The van der Waals surface area contributed by atoms with E-state index in [0.29, 0.717) is 28.7 Å². The maximum absolute atomic E-state index is 9.80. The minimum Gasteiger partial charge on any atom is -0.496 e. The molecule has 1 aromatic carbocycles. The van der Waals surface area contributed by atoms with Crippen LogP contribution in [0.15, 0.2) is 23.6 Å². The quantitative estimate of drug-likeness (QED) is 0.803. The Kier molecular flexibility index (Phi) is 5.12. The predicted octanol–water partition coefficient (Wildman–Crippen LogP) is 2.61. The molecule has 3 rings (SSSR count). The molecule has 0 saturated heterocycles. The van der Waals surface area contributed by atoms with E-state index < -0.39 is 5.92 Å². The van der Waals surface area contributed by atoms with Crippen molar-refractivity contribution in [1.29, 1.82) is 5.26 Å². The van der Waals surface area contributed by atoms with Gasteiger partial charge < -0.3 is 24.7 Å². The summed E-state index contributed by atoms with van der Waals surface area (Å²) in [5.74, 6) is 1.47. The minimum absolute atomic E-state index is 0.0180. The van der Waals surface area contributed by atoms with Gasteiger partial charge in [0.1, 0.15) is 28.9 Å². The summed E-state index contributed by atoms with van der Waals surface area (Å²) in [7, 11) is 4.67. The SMILES string of the molecule is CCCc1[nH]nc2c1[C@@H](c1c(OC)cc(OC)cc1OC)C(C#N)=C(N)O2. The highest BCUT2D eigenvalue weighted by molar-refractivity contribution is 5.63. The second kappa shape index (κ2) is 7.50. The molecule has 0 saturated carbocycles. The summed E-state index contributed by atoms with van der Waals surface area (Å²) in [4.78, 5) is 0. The molecular weight excluding hydrogens is 348 g/mol. The standard InChI is InChI=1S/C19H22N4O4/c1-5-6-12-16-15(11(9-20)18(21)27-19(16)23-22-12)17-13(25-3)7-10(24-2)8-14(17)26-4/h7-8,15H,5-6,21H2,1-4H3,(H,22,23)/t15-/m0/s1. The molecule has 0 bridgehead atoms. The molecule has 0 unspecified atom stereocenters. The van der Waals surface area contributed by atoms with Gasteiger partial charge in [0.15, 0.2) is 0 Å². The van der Waals surface area contributed by atoms with Gasteiger partial charge in [0.2, 0.25) is 11.8 Å². The lowest BCUT2D eigenvalue weighted by molar-refractivity contribution is 0.358. The number of nitrogens with one attached hydrogen (secondary N) is 1. The van der Waals surface area contributed by atoms with Gasteiger partial charge in [0.05, 0.1) is 32.8 Å². The monoisotopic (exact) mass is 370 g/mol. The van der Waals surface area contributed by atoms with E-state index in [-0.39, 0.29) is 11.5 Å². The lowest BCUT2D eigenvalue weighted by Crippen LogP contribution is -2.22. The number of hydrogen-bond donors (Lipinski definition) is 2. The zero-order chi connectivity index (χ0) is 19.6. The van der Waals surface area contributed by atoms with Crippen molar-refractivity contribution in [2.24, 2.45) is 5.73 Å². The Morgan fingerprint density at radius 3 is 2.37 bits per heavy atom. The Bertz CT molecular complexity index is 901. The van der Waals surface area contributed by atoms with Crippen LogP contribution >= 0.6 is 0 Å². The van der Waals surface area contributed by atoms with Crippen LogP contribution in [0.25, 0.3) is 0 Å². The molecule has 8 nitrogen and oxygen atoms in total. The summed E-state index contributed by atoms with van der Waals surface area (Å²) in [6, 6.07) is 5.67. The first kappa shape index (κ1) is 18.5. The third-order valence-corrected chi connectivity index (χ3v) is 4.56. The van der Waals surface area contributed by atoms with Crippen molar-refractivity contribution in [3.63, 3.8) is 0 Å². The summed E-state index contributed by atoms with van der Waals surface area (Å²) >= 11 is 0. The second-order valence-corrected chi connectivity index (χ2v) is 6.04. The van der Waals surface area contributed by atoms with Crippen molar-refractivity contribution in [3.05, 3.63) is 40.4 Å². The normalized spacial score (nSPS) is 15.6. The third-order valence-electron chi connectivity index (χ3n) is 4.56. The number of nitrogens with zero attached hydrogens (tertiary/aromatic N) is 2. The number of H-pyrrole nitrogens is 1. The highest BCUT2D eigenvalue weighted by atomic mass is 16.5. The van der Waals surface area contributed by atoms with Crippen LogP contribution in [0.2, 0.25) is 0 Å². The molecule has 1 aliphatic heterocycles. The van der Waals surface area contributed by atoms with Crippen molar-refractivity contribution < 1.29 is 18.9 Å². The number of allylic oxidation sites excluding steroid dienone is 1. The zero-order valence-electron chi connectivity index (χ0n) is 15.8. The molecule has 3 N–H and O–H groups in total. The first-order chi connectivity index (χ1) is 13.1. The highest BCUT2D eigenvalue weighted by Crippen LogP contribution is 2.50. The topological polar surface area (TPSA) is 115 Å². The van der Waals surface area contributed by atoms with Crippen molar-refractivity contribution >= 4 is 0 Å². The first-order valence-electron chi connectivity index (χ1n) is 8.54. The number of benzene rings is 1. The number of aromatic nitrogens is 2. The zero-order valence-corrected chi connectivity index (χ0v) is 15.8. The van der Waals surface area contributed by atoms with Crippen LogP contribution < -0.4 is 24.7 Å². The smallest absolute Gasteiger partial charge is 0.244 e. The molecule has 27 heavy (non-hydrogen) atoms. The molecule has 1 atom stereocenters. The molecule has 0 fully saturated rings. The van der Waals surface area contributed by atoms with Gasteiger partial charge in [-0.15, -0.1) is 5.10 Å². The molecular formula is C19H22N4O4. The molecule has 0 amide bonds. The third kappa shape index (κ3) is 3.01. The molecule has 0 spiro atoms. The molecule has 142 valence electrons. The maximum Gasteiger partial charge on any atom is 0.244 e.